The van der Waals surface area contributed by atoms with Crippen LogP contribution in [-0.4, -0.2) is 22.8 Å². The summed E-state index contributed by atoms with van der Waals surface area (Å²) in [5.74, 6) is -0.969. The number of halogens is 1. The van der Waals surface area contributed by atoms with Gasteiger partial charge in [-0.1, -0.05) is 28.1 Å². The number of carbonyl (C=O) groups is 2. The molecule has 0 heterocycles. The van der Waals surface area contributed by atoms with E-state index >= 15 is 0 Å². The summed E-state index contributed by atoms with van der Waals surface area (Å²) in [6.45, 7) is 7.20. The molecular formula is C15H20BrNO4. The monoisotopic (exact) mass is 357 g/mol. The number of amides is 1. The van der Waals surface area contributed by atoms with Gasteiger partial charge >= 0.3 is 12.1 Å². The molecule has 0 saturated carbocycles. The molecule has 1 aromatic rings. The zero-order valence-electron chi connectivity index (χ0n) is 12.6. The number of carbonyl (C=O) groups excluding carboxylic acids is 1. The Kier molecular flexibility index (Phi) is 5.78. The highest BCUT2D eigenvalue weighted by atomic mass is 79.9. The van der Waals surface area contributed by atoms with E-state index in [-0.39, 0.29) is 11.6 Å². The van der Waals surface area contributed by atoms with E-state index < -0.39 is 17.7 Å². The van der Waals surface area contributed by atoms with Crippen molar-refractivity contribution in [3.63, 3.8) is 0 Å². The van der Waals surface area contributed by atoms with Crippen LogP contribution in [0.5, 0.6) is 0 Å². The van der Waals surface area contributed by atoms with E-state index in [1.165, 1.54) is 0 Å². The van der Waals surface area contributed by atoms with Crippen LogP contribution in [0.15, 0.2) is 18.2 Å². The highest BCUT2D eigenvalue weighted by Gasteiger charge is 2.19. The van der Waals surface area contributed by atoms with Gasteiger partial charge in [0.25, 0.3) is 0 Å². The summed E-state index contributed by atoms with van der Waals surface area (Å²) >= 11 is 3.28. The van der Waals surface area contributed by atoms with Crippen LogP contribution in [0.25, 0.3) is 0 Å². The van der Waals surface area contributed by atoms with Crippen LogP contribution in [0, 0.1) is 0 Å². The molecule has 6 heteroatoms. The fourth-order valence-electron chi connectivity index (χ4n) is 1.77. The van der Waals surface area contributed by atoms with Crippen molar-refractivity contribution in [2.75, 3.05) is 0 Å². The number of aromatic carboxylic acids is 1. The summed E-state index contributed by atoms with van der Waals surface area (Å²) in [6, 6.07) is 4.72. The van der Waals surface area contributed by atoms with Gasteiger partial charge in [-0.25, -0.2) is 9.59 Å². The van der Waals surface area contributed by atoms with Crippen molar-refractivity contribution in [2.24, 2.45) is 0 Å². The number of alkyl carbamates (subject to hydrolysis) is 1. The van der Waals surface area contributed by atoms with Crippen LogP contribution >= 0.6 is 15.9 Å². The second kappa shape index (κ2) is 6.93. The number of nitrogens with one attached hydrogen (secondary N) is 1. The molecule has 0 saturated heterocycles. The second-order valence-electron chi connectivity index (χ2n) is 5.72. The molecule has 1 aromatic carbocycles. The molecule has 1 amide bonds. The lowest BCUT2D eigenvalue weighted by Gasteiger charge is -2.22. The molecule has 2 N–H and O–H groups in total. The minimum absolute atomic E-state index is 0.250. The number of hydrogen-bond acceptors (Lipinski definition) is 3. The van der Waals surface area contributed by atoms with Crippen LogP contribution in [0.1, 0.15) is 55.2 Å². The fourth-order valence-corrected chi connectivity index (χ4v) is 2.23. The largest absolute Gasteiger partial charge is 0.478 e. The Morgan fingerprint density at radius 1 is 1.38 bits per heavy atom. The summed E-state index contributed by atoms with van der Waals surface area (Å²) in [7, 11) is 0. The van der Waals surface area contributed by atoms with E-state index in [1.807, 2.05) is 6.92 Å². The zero-order valence-corrected chi connectivity index (χ0v) is 14.2. The predicted octanol–water partition coefficient (Wildman–Crippen LogP) is 3.87. The molecule has 1 atom stereocenters. The summed E-state index contributed by atoms with van der Waals surface area (Å²) in [4.78, 5) is 22.8. The van der Waals surface area contributed by atoms with Gasteiger partial charge in [-0.05, 0) is 44.9 Å². The van der Waals surface area contributed by atoms with Crippen molar-refractivity contribution in [1.29, 1.82) is 0 Å². The zero-order chi connectivity index (χ0) is 16.2. The first kappa shape index (κ1) is 17.5. The van der Waals surface area contributed by atoms with Crippen LogP contribution in [0.2, 0.25) is 0 Å². The van der Waals surface area contributed by atoms with Crippen LogP contribution < -0.4 is 5.32 Å². The molecule has 0 aromatic heterocycles. The quantitative estimate of drug-likeness (QED) is 0.802. The lowest BCUT2D eigenvalue weighted by atomic mass is 10.0. The third-order valence-electron chi connectivity index (χ3n) is 2.74. The maximum absolute atomic E-state index is 11.7. The first-order valence-corrected chi connectivity index (χ1v) is 7.68. The summed E-state index contributed by atoms with van der Waals surface area (Å²) < 4.78 is 5.19. The Morgan fingerprint density at radius 2 is 2.00 bits per heavy atom. The van der Waals surface area contributed by atoms with Crippen LogP contribution in [-0.2, 0) is 10.1 Å². The van der Waals surface area contributed by atoms with E-state index in [2.05, 4.69) is 21.2 Å². The van der Waals surface area contributed by atoms with Gasteiger partial charge in [0, 0.05) is 5.33 Å². The summed E-state index contributed by atoms with van der Waals surface area (Å²) in [6.07, 6.45) is -0.502. The molecule has 116 valence electrons. The molecule has 0 unspecified atom stereocenters. The van der Waals surface area contributed by atoms with Crippen molar-refractivity contribution >= 4 is 28.0 Å². The Hall–Kier alpha value is -1.56. The normalized spacial score (nSPS) is 12.6. The van der Waals surface area contributed by atoms with Crippen LogP contribution in [0.4, 0.5) is 4.79 Å². The third kappa shape index (κ3) is 5.38. The van der Waals surface area contributed by atoms with Crippen molar-refractivity contribution in [3.8, 4) is 0 Å². The van der Waals surface area contributed by atoms with E-state index in [9.17, 15) is 9.59 Å². The van der Waals surface area contributed by atoms with Gasteiger partial charge in [-0.3, -0.25) is 0 Å². The van der Waals surface area contributed by atoms with Gasteiger partial charge in [0.2, 0.25) is 0 Å². The third-order valence-corrected chi connectivity index (χ3v) is 3.34. The molecule has 5 nitrogen and oxygen atoms in total. The number of benzene rings is 1. The first-order chi connectivity index (χ1) is 9.64. The van der Waals surface area contributed by atoms with Gasteiger partial charge in [-0.15, -0.1) is 0 Å². The average Bonchev–Trinajstić information content (AvgIpc) is 2.35. The number of alkyl halides is 1. The van der Waals surface area contributed by atoms with Crippen molar-refractivity contribution in [3.05, 3.63) is 34.9 Å². The maximum atomic E-state index is 11.7. The lowest BCUT2D eigenvalue weighted by Crippen LogP contribution is -2.34. The van der Waals surface area contributed by atoms with E-state index in [4.69, 9.17) is 9.84 Å². The Labute approximate surface area is 132 Å². The van der Waals surface area contributed by atoms with Gasteiger partial charge in [0.15, 0.2) is 0 Å². The molecule has 1 rings (SSSR count). The Bertz CT molecular complexity index is 537. The Morgan fingerprint density at radius 3 is 2.48 bits per heavy atom. The number of carboxylic acids is 1. The van der Waals surface area contributed by atoms with E-state index in [0.717, 1.165) is 5.56 Å². The lowest BCUT2D eigenvalue weighted by molar-refractivity contribution is 0.0507. The number of hydrogen-bond donors (Lipinski definition) is 2. The number of ether oxygens (including phenoxy) is 1. The molecule has 0 radical (unpaired) electrons. The predicted molar refractivity (Wildman–Crippen MR) is 83.8 cm³/mol. The smallest absolute Gasteiger partial charge is 0.408 e. The highest BCUT2D eigenvalue weighted by molar-refractivity contribution is 9.08. The molecule has 0 aliphatic rings. The molecule has 21 heavy (non-hydrogen) atoms. The van der Waals surface area contributed by atoms with Crippen molar-refractivity contribution in [1.82, 2.24) is 5.32 Å². The highest BCUT2D eigenvalue weighted by Crippen LogP contribution is 2.20. The Balaban J connectivity index is 2.86. The van der Waals surface area contributed by atoms with Gasteiger partial charge < -0.3 is 15.2 Å². The van der Waals surface area contributed by atoms with Gasteiger partial charge in [0.1, 0.15) is 5.60 Å². The van der Waals surface area contributed by atoms with Crippen molar-refractivity contribution in [2.45, 2.75) is 44.7 Å². The average molecular weight is 358 g/mol. The second-order valence-corrected chi connectivity index (χ2v) is 6.28. The fraction of sp³-hybridized carbons (Fsp3) is 0.467. The maximum Gasteiger partial charge on any atom is 0.408 e. The van der Waals surface area contributed by atoms with Gasteiger partial charge in [-0.2, -0.15) is 0 Å². The SMILES string of the molecule is C[C@@H](NC(=O)OC(C)(C)C)c1ccc(C(=O)O)c(CBr)c1. The summed E-state index contributed by atoms with van der Waals surface area (Å²) in [5.41, 5.74) is 1.18. The van der Waals surface area contributed by atoms with Gasteiger partial charge in [0.05, 0.1) is 11.6 Å². The molecule has 0 aliphatic carbocycles. The van der Waals surface area contributed by atoms with E-state index in [0.29, 0.717) is 10.9 Å². The molecule has 0 aliphatic heterocycles. The minimum atomic E-state index is -0.969. The molecule has 0 spiro atoms. The molecule has 0 fully saturated rings. The summed E-state index contributed by atoms with van der Waals surface area (Å²) in [5, 5.41) is 12.2. The first-order valence-electron chi connectivity index (χ1n) is 6.55. The number of rotatable bonds is 4. The standard InChI is InChI=1S/C15H20BrNO4/c1-9(17-14(20)21-15(2,3)4)10-5-6-12(13(18)19)11(7-10)8-16/h5-7,9H,8H2,1-4H3,(H,17,20)(H,18,19)/t9-/m1/s1. The van der Waals surface area contributed by atoms with Crippen molar-refractivity contribution < 1.29 is 19.4 Å². The van der Waals surface area contributed by atoms with Crippen LogP contribution in [0.3, 0.4) is 0 Å². The minimum Gasteiger partial charge on any atom is -0.478 e. The molecule has 0 bridgehead atoms. The molecular weight excluding hydrogens is 338 g/mol. The van der Waals surface area contributed by atoms with E-state index in [1.54, 1.807) is 39.0 Å². The number of carboxylic acid groups (broad SMARTS) is 1. The topological polar surface area (TPSA) is 75.6 Å².